The summed E-state index contributed by atoms with van der Waals surface area (Å²) >= 11 is 3.44. The van der Waals surface area contributed by atoms with Gasteiger partial charge in [0.2, 0.25) is 0 Å². The van der Waals surface area contributed by atoms with Crippen LogP contribution in [0.4, 0.5) is 11.4 Å². The van der Waals surface area contributed by atoms with Crippen molar-refractivity contribution in [2.24, 2.45) is 0 Å². The summed E-state index contributed by atoms with van der Waals surface area (Å²) in [7, 11) is 3.02. The van der Waals surface area contributed by atoms with Crippen molar-refractivity contribution in [3.63, 3.8) is 0 Å². The molecule has 10 nitrogen and oxygen atoms in total. The highest BCUT2D eigenvalue weighted by molar-refractivity contribution is 9.10. The summed E-state index contributed by atoms with van der Waals surface area (Å²) in [6.07, 6.45) is 0. The van der Waals surface area contributed by atoms with Crippen LogP contribution in [0.2, 0.25) is 0 Å². The zero-order valence-electron chi connectivity index (χ0n) is 19.0. The van der Waals surface area contributed by atoms with Gasteiger partial charge in [0.25, 0.3) is 23.4 Å². The molecule has 1 fully saturated rings. The van der Waals surface area contributed by atoms with Crippen LogP contribution in [0, 0.1) is 10.1 Å². The van der Waals surface area contributed by atoms with E-state index in [-0.39, 0.29) is 16.8 Å². The third kappa shape index (κ3) is 3.51. The summed E-state index contributed by atoms with van der Waals surface area (Å²) in [6, 6.07) is 13.6. The highest BCUT2D eigenvalue weighted by atomic mass is 79.9. The first-order valence-electron chi connectivity index (χ1n) is 10.7. The van der Waals surface area contributed by atoms with Crippen molar-refractivity contribution in [1.82, 2.24) is 4.90 Å². The van der Waals surface area contributed by atoms with Gasteiger partial charge in [0.15, 0.2) is 0 Å². The van der Waals surface area contributed by atoms with Crippen LogP contribution in [0.1, 0.15) is 32.3 Å². The van der Waals surface area contributed by atoms with Gasteiger partial charge in [-0.25, -0.2) is 0 Å². The Labute approximate surface area is 213 Å². The number of non-ortho nitro benzene ring substituents is 1. The number of fused-ring (bicyclic) bond motifs is 1. The molecule has 3 amide bonds. The van der Waals surface area contributed by atoms with Crippen LogP contribution in [0.3, 0.4) is 0 Å². The Hall–Kier alpha value is -4.25. The summed E-state index contributed by atoms with van der Waals surface area (Å²) < 4.78 is 11.5. The van der Waals surface area contributed by atoms with Crippen molar-refractivity contribution in [3.05, 3.63) is 91.9 Å². The summed E-state index contributed by atoms with van der Waals surface area (Å²) in [5, 5.41) is 11.2. The molecule has 2 atom stereocenters. The number of methoxy groups -OCH3 is 2. The molecule has 2 heterocycles. The molecular formula is C25H18BrN3O7. The molecule has 0 radical (unpaired) electrons. The molecule has 5 rings (SSSR count). The number of halogens is 1. The topological polar surface area (TPSA) is 119 Å². The number of imide groups is 1. The van der Waals surface area contributed by atoms with Gasteiger partial charge in [-0.1, -0.05) is 15.9 Å². The minimum atomic E-state index is -1.18. The van der Waals surface area contributed by atoms with E-state index in [4.69, 9.17) is 9.47 Å². The Morgan fingerprint density at radius 3 is 2.17 bits per heavy atom. The van der Waals surface area contributed by atoms with Crippen LogP contribution >= 0.6 is 15.9 Å². The highest BCUT2D eigenvalue weighted by Crippen LogP contribution is 2.47. The SMILES string of the molecule is COc1ccc(N2C(=O)[C@H](N3C(=O)c4ccc([N+](=O)[O-])cc4C3=O)[C@H]2c2cc(Br)ccc2OC)cc1. The van der Waals surface area contributed by atoms with E-state index >= 15 is 0 Å². The van der Waals surface area contributed by atoms with Gasteiger partial charge in [-0.2, -0.15) is 0 Å². The quantitative estimate of drug-likeness (QED) is 0.195. The fourth-order valence-electron chi connectivity index (χ4n) is 4.62. The van der Waals surface area contributed by atoms with Gasteiger partial charge in [-0.05, 0) is 48.5 Å². The van der Waals surface area contributed by atoms with Gasteiger partial charge in [-0.3, -0.25) is 29.4 Å². The molecule has 0 aliphatic carbocycles. The van der Waals surface area contributed by atoms with Crippen molar-refractivity contribution in [2.75, 3.05) is 19.1 Å². The monoisotopic (exact) mass is 551 g/mol. The maximum absolute atomic E-state index is 13.6. The Kier molecular flexibility index (Phi) is 5.71. The van der Waals surface area contributed by atoms with Crippen LogP contribution in [0.25, 0.3) is 0 Å². The number of hydrogen-bond acceptors (Lipinski definition) is 7. The predicted octanol–water partition coefficient (Wildman–Crippen LogP) is 4.13. The lowest BCUT2D eigenvalue weighted by molar-refractivity contribution is -0.384. The van der Waals surface area contributed by atoms with E-state index in [2.05, 4.69) is 15.9 Å². The number of nitrogens with zero attached hydrogens (tertiary/aromatic N) is 3. The number of carbonyl (C=O) groups excluding carboxylic acids is 3. The number of carbonyl (C=O) groups is 3. The first-order chi connectivity index (χ1) is 17.3. The molecule has 0 saturated carbocycles. The van der Waals surface area contributed by atoms with Crippen LogP contribution in [0.5, 0.6) is 11.5 Å². The summed E-state index contributed by atoms with van der Waals surface area (Å²) in [5.41, 5.74) is 0.707. The van der Waals surface area contributed by atoms with E-state index in [1.165, 1.54) is 25.2 Å². The molecule has 2 aliphatic heterocycles. The maximum Gasteiger partial charge on any atom is 0.270 e. The Balaban J connectivity index is 1.61. The molecule has 3 aromatic carbocycles. The van der Waals surface area contributed by atoms with E-state index in [9.17, 15) is 24.5 Å². The molecule has 0 spiro atoms. The van der Waals surface area contributed by atoms with Crippen molar-refractivity contribution in [1.29, 1.82) is 0 Å². The van der Waals surface area contributed by atoms with Gasteiger partial charge in [0, 0.05) is 27.9 Å². The number of rotatable bonds is 6. The first-order valence-corrected chi connectivity index (χ1v) is 11.5. The number of amides is 3. The third-order valence-electron chi connectivity index (χ3n) is 6.32. The van der Waals surface area contributed by atoms with Crippen LogP contribution < -0.4 is 14.4 Å². The van der Waals surface area contributed by atoms with E-state index < -0.39 is 34.7 Å². The summed E-state index contributed by atoms with van der Waals surface area (Å²) in [6.45, 7) is 0. The van der Waals surface area contributed by atoms with Gasteiger partial charge in [-0.15, -0.1) is 0 Å². The van der Waals surface area contributed by atoms with E-state index in [1.807, 2.05) is 0 Å². The summed E-state index contributed by atoms with van der Waals surface area (Å²) in [5.74, 6) is -0.855. The molecule has 182 valence electrons. The zero-order valence-corrected chi connectivity index (χ0v) is 20.6. The van der Waals surface area contributed by atoms with Gasteiger partial charge < -0.3 is 14.4 Å². The van der Waals surface area contributed by atoms with Crippen molar-refractivity contribution in [2.45, 2.75) is 12.1 Å². The molecular weight excluding hydrogens is 534 g/mol. The number of anilines is 1. The Morgan fingerprint density at radius 1 is 0.833 bits per heavy atom. The summed E-state index contributed by atoms with van der Waals surface area (Å²) in [4.78, 5) is 53.2. The third-order valence-corrected chi connectivity index (χ3v) is 6.81. The molecule has 0 N–H and O–H groups in total. The lowest BCUT2D eigenvalue weighted by atomic mass is 9.85. The normalized spacial score (nSPS) is 18.7. The van der Waals surface area contributed by atoms with E-state index in [0.717, 1.165) is 17.0 Å². The average Bonchev–Trinajstić information content (AvgIpc) is 3.12. The predicted molar refractivity (Wildman–Crippen MR) is 131 cm³/mol. The highest BCUT2D eigenvalue weighted by Gasteiger charge is 2.58. The van der Waals surface area contributed by atoms with Gasteiger partial charge in [0.1, 0.15) is 17.5 Å². The van der Waals surface area contributed by atoms with Crippen molar-refractivity contribution in [3.8, 4) is 11.5 Å². The molecule has 1 saturated heterocycles. The molecule has 36 heavy (non-hydrogen) atoms. The second-order valence-electron chi connectivity index (χ2n) is 8.15. The zero-order chi connectivity index (χ0) is 25.7. The molecule has 11 heteroatoms. The molecule has 0 unspecified atom stereocenters. The molecule has 2 aliphatic rings. The number of hydrogen-bond donors (Lipinski definition) is 0. The molecule has 3 aromatic rings. The maximum atomic E-state index is 13.6. The standard InChI is InChI=1S/C25H18BrN3O7/c1-35-16-7-4-14(5-8-16)27-21(19-11-13(26)3-10-20(19)36-2)22(25(27)32)28-23(30)17-9-6-15(29(33)34)12-18(17)24(28)31/h3-12,21-22H,1-2H3/t21-,22-/m1/s1. The number of ether oxygens (including phenoxy) is 2. The van der Waals surface area contributed by atoms with Crippen molar-refractivity contribution < 1.29 is 28.8 Å². The number of benzene rings is 3. The fraction of sp³-hybridized carbons (Fsp3) is 0.160. The van der Waals surface area contributed by atoms with Gasteiger partial charge >= 0.3 is 0 Å². The molecule has 0 bridgehead atoms. The minimum absolute atomic E-state index is 0.0151. The van der Waals surface area contributed by atoms with E-state index in [1.54, 1.807) is 42.5 Å². The number of nitro benzene ring substituents is 1. The first kappa shape index (κ1) is 23.5. The van der Waals surface area contributed by atoms with Crippen LogP contribution in [-0.4, -0.2) is 47.8 Å². The Morgan fingerprint density at radius 2 is 1.53 bits per heavy atom. The fourth-order valence-corrected chi connectivity index (χ4v) is 4.99. The van der Waals surface area contributed by atoms with Crippen molar-refractivity contribution >= 4 is 45.0 Å². The minimum Gasteiger partial charge on any atom is -0.497 e. The smallest absolute Gasteiger partial charge is 0.270 e. The lowest BCUT2D eigenvalue weighted by Gasteiger charge is -2.50. The van der Waals surface area contributed by atoms with Crippen LogP contribution in [-0.2, 0) is 4.79 Å². The molecule has 0 aromatic heterocycles. The second-order valence-corrected chi connectivity index (χ2v) is 9.07. The lowest BCUT2D eigenvalue weighted by Crippen LogP contribution is -2.67. The second kappa shape index (κ2) is 8.76. The number of nitro groups is 1. The van der Waals surface area contributed by atoms with Crippen LogP contribution in [0.15, 0.2) is 65.1 Å². The van der Waals surface area contributed by atoms with E-state index in [0.29, 0.717) is 27.2 Å². The van der Waals surface area contributed by atoms with Gasteiger partial charge in [0.05, 0.1) is 36.3 Å². The average molecular weight is 552 g/mol. The largest absolute Gasteiger partial charge is 0.497 e. The Bertz CT molecular complexity index is 1440. The number of β-lactam (4-membered cyclic amide) rings is 1.